The molecular formula is C31H43FO7. The van der Waals surface area contributed by atoms with Gasteiger partial charge < -0.3 is 14.6 Å². The third kappa shape index (κ3) is 4.32. The Balaban J connectivity index is 1.76. The molecule has 0 aliphatic heterocycles. The Morgan fingerprint density at radius 2 is 1.82 bits per heavy atom. The van der Waals surface area contributed by atoms with Gasteiger partial charge in [-0.2, -0.15) is 0 Å². The number of hydrogen-bond acceptors (Lipinski definition) is 7. The quantitative estimate of drug-likeness (QED) is 0.406. The Kier molecular flexibility index (Phi) is 8.03. The Bertz CT molecular complexity index is 1100. The maximum absolute atomic E-state index is 17.5. The van der Waals surface area contributed by atoms with Crippen LogP contribution in [0.25, 0.3) is 0 Å². The van der Waals surface area contributed by atoms with Crippen LogP contribution in [0.4, 0.5) is 4.39 Å². The molecular weight excluding hydrogens is 503 g/mol. The van der Waals surface area contributed by atoms with Gasteiger partial charge in [0.1, 0.15) is 0 Å². The van der Waals surface area contributed by atoms with Crippen LogP contribution < -0.4 is 0 Å². The molecule has 39 heavy (non-hydrogen) atoms. The monoisotopic (exact) mass is 546 g/mol. The Morgan fingerprint density at radius 1 is 1.10 bits per heavy atom. The van der Waals surface area contributed by atoms with E-state index in [9.17, 15) is 24.3 Å². The van der Waals surface area contributed by atoms with Gasteiger partial charge in [-0.25, -0.2) is 4.39 Å². The van der Waals surface area contributed by atoms with Gasteiger partial charge in [-0.1, -0.05) is 45.8 Å². The van der Waals surface area contributed by atoms with Gasteiger partial charge in [0, 0.05) is 35.5 Å². The number of unbranched alkanes of at least 4 members (excludes halogenated alkanes) is 1. The van der Waals surface area contributed by atoms with E-state index >= 15 is 4.39 Å². The third-order valence-electron chi connectivity index (χ3n) is 10.4. The molecule has 0 spiro atoms. The summed E-state index contributed by atoms with van der Waals surface area (Å²) >= 11 is 0. The second-order valence-electron chi connectivity index (χ2n) is 12.5. The van der Waals surface area contributed by atoms with Gasteiger partial charge in [0.15, 0.2) is 23.7 Å². The summed E-state index contributed by atoms with van der Waals surface area (Å²) in [5.74, 6) is -3.19. The number of aliphatic hydroxyl groups is 1. The normalized spacial score (nSPS) is 40.7. The second kappa shape index (κ2) is 10.6. The Hall–Kier alpha value is -2.35. The summed E-state index contributed by atoms with van der Waals surface area (Å²) in [4.78, 5) is 51.4. The molecule has 7 nitrogen and oxygen atoms in total. The summed E-state index contributed by atoms with van der Waals surface area (Å²) in [6.07, 6.45) is 6.47. The van der Waals surface area contributed by atoms with Crippen molar-refractivity contribution in [2.75, 3.05) is 6.61 Å². The first-order valence-corrected chi connectivity index (χ1v) is 14.5. The topological polar surface area (TPSA) is 107 Å². The molecule has 0 bridgehead atoms. The lowest BCUT2D eigenvalue weighted by molar-refractivity contribution is -0.228. The molecule has 8 heteroatoms. The van der Waals surface area contributed by atoms with Crippen LogP contribution in [0.5, 0.6) is 0 Å². The van der Waals surface area contributed by atoms with Crippen LogP contribution in [0.1, 0.15) is 92.4 Å². The lowest BCUT2D eigenvalue weighted by Gasteiger charge is -2.62. The lowest BCUT2D eigenvalue weighted by Crippen LogP contribution is -2.70. The van der Waals surface area contributed by atoms with Crippen LogP contribution in [-0.2, 0) is 28.7 Å². The second-order valence-corrected chi connectivity index (χ2v) is 12.5. The number of aliphatic hydroxyl groups excluding tert-OH is 1. The molecule has 8 atom stereocenters. The number of rotatable bonds is 9. The van der Waals surface area contributed by atoms with Crippen LogP contribution in [0, 0.1) is 28.6 Å². The van der Waals surface area contributed by atoms with Gasteiger partial charge in [0.25, 0.3) is 0 Å². The zero-order chi connectivity index (χ0) is 28.8. The summed E-state index contributed by atoms with van der Waals surface area (Å²) in [6, 6.07) is 0. The van der Waals surface area contributed by atoms with Crippen LogP contribution >= 0.6 is 0 Å². The average molecular weight is 547 g/mol. The van der Waals surface area contributed by atoms with Crippen molar-refractivity contribution in [2.24, 2.45) is 28.6 Å². The predicted octanol–water partition coefficient (Wildman–Crippen LogP) is 4.99. The molecule has 0 aromatic rings. The van der Waals surface area contributed by atoms with E-state index in [0.717, 1.165) is 6.42 Å². The van der Waals surface area contributed by atoms with E-state index in [4.69, 9.17) is 9.47 Å². The summed E-state index contributed by atoms with van der Waals surface area (Å²) in [7, 11) is 0. The smallest absolute Gasteiger partial charge is 0.306 e. The SMILES string of the molecule is CCCCC(=O)O[C@]1(C(=O)COC(=O)CCC)C(C)C[C@H]2[C@@H]3CCC4=CC(=O)C=C[C@]4(C)[C@@]3(F)C(O)C[C@@]21C. The van der Waals surface area contributed by atoms with Crippen molar-refractivity contribution in [3.8, 4) is 0 Å². The zero-order valence-corrected chi connectivity index (χ0v) is 23.9. The van der Waals surface area contributed by atoms with Crippen molar-refractivity contribution in [3.63, 3.8) is 0 Å². The van der Waals surface area contributed by atoms with Crippen molar-refractivity contribution < 1.29 is 38.1 Å². The fourth-order valence-corrected chi connectivity index (χ4v) is 8.48. The highest BCUT2D eigenvalue weighted by Gasteiger charge is 2.77. The van der Waals surface area contributed by atoms with Crippen LogP contribution in [0.15, 0.2) is 23.8 Å². The molecule has 4 aliphatic rings. The number of ketones is 2. The largest absolute Gasteiger partial charge is 0.457 e. The van der Waals surface area contributed by atoms with Crippen LogP contribution in [0.2, 0.25) is 0 Å². The van der Waals surface area contributed by atoms with Crippen molar-refractivity contribution in [3.05, 3.63) is 23.8 Å². The molecule has 2 unspecified atom stereocenters. The number of hydrogen-bond donors (Lipinski definition) is 1. The maximum Gasteiger partial charge on any atom is 0.306 e. The van der Waals surface area contributed by atoms with E-state index in [-0.39, 0.29) is 31.0 Å². The zero-order valence-electron chi connectivity index (χ0n) is 23.9. The number of carbonyl (C=O) groups is 4. The summed E-state index contributed by atoms with van der Waals surface area (Å²) in [6.45, 7) is 8.66. The molecule has 3 saturated carbocycles. The third-order valence-corrected chi connectivity index (χ3v) is 10.4. The van der Waals surface area contributed by atoms with Crippen molar-refractivity contribution in [1.29, 1.82) is 0 Å². The maximum atomic E-state index is 17.5. The Morgan fingerprint density at radius 3 is 2.49 bits per heavy atom. The average Bonchev–Trinajstić information content (AvgIpc) is 3.09. The van der Waals surface area contributed by atoms with E-state index in [1.807, 2.05) is 27.7 Å². The number of fused-ring (bicyclic) bond motifs is 5. The van der Waals surface area contributed by atoms with Crippen molar-refractivity contribution >= 4 is 23.5 Å². The van der Waals surface area contributed by atoms with Gasteiger partial charge in [0.2, 0.25) is 5.78 Å². The minimum atomic E-state index is -2.06. The highest BCUT2D eigenvalue weighted by molar-refractivity contribution is 6.01. The number of alkyl halides is 1. The molecule has 1 N–H and O–H groups in total. The Labute approximate surface area is 230 Å². The number of allylic oxidation sites excluding steroid dienone is 4. The highest BCUT2D eigenvalue weighted by Crippen LogP contribution is 2.71. The van der Waals surface area contributed by atoms with Gasteiger partial charge >= 0.3 is 11.9 Å². The molecule has 0 heterocycles. The summed E-state index contributed by atoms with van der Waals surface area (Å²) in [5, 5.41) is 11.7. The van der Waals surface area contributed by atoms with Crippen LogP contribution in [-0.4, -0.2) is 52.6 Å². The van der Waals surface area contributed by atoms with Crippen molar-refractivity contribution in [1.82, 2.24) is 0 Å². The summed E-state index contributed by atoms with van der Waals surface area (Å²) in [5.41, 5.74) is -5.27. The number of Topliss-reactive ketones (excluding diaryl/α,β-unsaturated/α-hetero) is 1. The fraction of sp³-hybridized carbons (Fsp3) is 0.742. The molecule has 0 aromatic heterocycles. The van der Waals surface area contributed by atoms with E-state index in [1.165, 1.54) is 12.2 Å². The number of halogens is 1. The first kappa shape index (κ1) is 29.6. The van der Waals surface area contributed by atoms with Gasteiger partial charge in [-0.05, 0) is 63.5 Å². The van der Waals surface area contributed by atoms with Gasteiger partial charge in [-0.3, -0.25) is 19.2 Å². The molecule has 0 saturated heterocycles. The van der Waals surface area contributed by atoms with Crippen molar-refractivity contribution in [2.45, 2.75) is 110 Å². The minimum absolute atomic E-state index is 0.102. The minimum Gasteiger partial charge on any atom is -0.457 e. The first-order chi connectivity index (χ1) is 18.3. The molecule has 0 amide bonds. The standard InChI is InChI=1S/C31H43FO7/c1-6-8-10-27(37)39-31(25(35)18-38-26(36)9-7-2)19(3)15-23-22-12-11-20-16-21(33)13-14-28(20,4)30(22,32)24(34)17-29(23,31)5/h13-14,16,19,22-24,34H,6-12,15,17-18H2,1-5H3/t19?,22-,23-,24?,28-,29-,30-,31-/m0/s1. The molecule has 0 aromatic carbocycles. The first-order valence-electron chi connectivity index (χ1n) is 14.5. The van der Waals surface area contributed by atoms with E-state index < -0.39 is 64.4 Å². The molecule has 4 rings (SSSR count). The van der Waals surface area contributed by atoms with Gasteiger partial charge in [-0.15, -0.1) is 0 Å². The molecule has 216 valence electrons. The number of carbonyl (C=O) groups excluding carboxylic acids is 4. The number of ether oxygens (including phenoxy) is 2. The molecule has 4 aliphatic carbocycles. The van der Waals surface area contributed by atoms with E-state index in [2.05, 4.69) is 0 Å². The predicted molar refractivity (Wildman–Crippen MR) is 142 cm³/mol. The highest BCUT2D eigenvalue weighted by atomic mass is 19.1. The van der Waals surface area contributed by atoms with E-state index in [1.54, 1.807) is 13.0 Å². The summed E-state index contributed by atoms with van der Waals surface area (Å²) < 4.78 is 29.0. The van der Waals surface area contributed by atoms with Crippen LogP contribution in [0.3, 0.4) is 0 Å². The molecule has 3 fully saturated rings. The van der Waals surface area contributed by atoms with Gasteiger partial charge in [0.05, 0.1) is 6.10 Å². The fourth-order valence-electron chi connectivity index (χ4n) is 8.48. The number of esters is 2. The molecule has 0 radical (unpaired) electrons. The van der Waals surface area contributed by atoms with E-state index in [0.29, 0.717) is 37.7 Å². The lowest BCUT2D eigenvalue weighted by atomic mass is 9.44.